The number of nitro groups is 1. The van der Waals surface area contributed by atoms with Crippen LogP contribution in [0.3, 0.4) is 0 Å². The zero-order valence-electron chi connectivity index (χ0n) is 13.0. The Morgan fingerprint density at radius 2 is 1.86 bits per heavy atom. The second-order valence-electron chi connectivity index (χ2n) is 8.63. The highest BCUT2D eigenvalue weighted by molar-refractivity contribution is 5.73. The van der Waals surface area contributed by atoms with Crippen molar-refractivity contribution < 1.29 is 5.03 Å². The van der Waals surface area contributed by atoms with Gasteiger partial charge in [0.2, 0.25) is 0 Å². The fourth-order valence-corrected chi connectivity index (χ4v) is 6.60. The zero-order valence-corrected chi connectivity index (χ0v) is 13.0. The molecule has 0 aromatic carbocycles. The van der Waals surface area contributed by atoms with Gasteiger partial charge < -0.3 is 5.73 Å². The van der Waals surface area contributed by atoms with E-state index in [2.05, 4.69) is 13.8 Å². The minimum absolute atomic E-state index is 0.229. The summed E-state index contributed by atoms with van der Waals surface area (Å²) in [5.74, 6) is 0.333. The van der Waals surface area contributed by atoms with Gasteiger partial charge in [0.15, 0.2) is 5.03 Å². The number of nitrogens with two attached hydrogens (primary N) is 1. The van der Waals surface area contributed by atoms with E-state index in [0.717, 1.165) is 17.3 Å². The van der Waals surface area contributed by atoms with Crippen LogP contribution in [0.2, 0.25) is 0 Å². The molecule has 4 bridgehead atoms. The van der Waals surface area contributed by atoms with E-state index in [9.17, 15) is 10.1 Å². The molecule has 4 aliphatic carbocycles. The summed E-state index contributed by atoms with van der Waals surface area (Å²) in [6, 6.07) is 0. The number of nitrogens with one attached hydrogen (secondary N) is 1. The Bertz CT molecular complexity index is 460. The number of hydrogen-bond acceptors (Lipinski definition) is 3. The Morgan fingerprint density at radius 3 is 2.29 bits per heavy atom. The van der Waals surface area contributed by atoms with E-state index in [1.54, 1.807) is 0 Å². The highest BCUT2D eigenvalue weighted by Crippen LogP contribution is 2.70. The van der Waals surface area contributed by atoms with Gasteiger partial charge in [0, 0.05) is 0 Å². The van der Waals surface area contributed by atoms with Crippen molar-refractivity contribution in [3.05, 3.63) is 10.1 Å². The van der Waals surface area contributed by atoms with Gasteiger partial charge in [-0.3, -0.25) is 5.41 Å². The summed E-state index contributed by atoms with van der Waals surface area (Å²) in [6.07, 6.45) is 8.35. The Labute approximate surface area is 125 Å². The number of hydrazine groups is 1. The fourth-order valence-electron chi connectivity index (χ4n) is 6.60. The maximum atomic E-state index is 11.0. The van der Waals surface area contributed by atoms with Crippen molar-refractivity contribution in [2.75, 3.05) is 6.54 Å². The first kappa shape index (κ1) is 14.6. The van der Waals surface area contributed by atoms with Gasteiger partial charge in [0.05, 0.1) is 6.54 Å². The number of hydrogen-bond donors (Lipinski definition) is 2. The van der Waals surface area contributed by atoms with Gasteiger partial charge in [-0.25, -0.2) is 10.1 Å². The van der Waals surface area contributed by atoms with E-state index in [-0.39, 0.29) is 12.0 Å². The van der Waals surface area contributed by atoms with Crippen molar-refractivity contribution >= 4 is 5.96 Å². The van der Waals surface area contributed by atoms with Crippen molar-refractivity contribution in [1.82, 2.24) is 5.01 Å². The molecule has 0 radical (unpaired) electrons. The summed E-state index contributed by atoms with van der Waals surface area (Å²) in [4.78, 5) is 11.0. The molecule has 4 aliphatic rings. The summed E-state index contributed by atoms with van der Waals surface area (Å²) >= 11 is 0. The molecular formula is C15H26N4O2. The van der Waals surface area contributed by atoms with Gasteiger partial charge in [-0.15, -0.1) is 0 Å². The van der Waals surface area contributed by atoms with Crippen LogP contribution >= 0.6 is 0 Å². The molecule has 6 heteroatoms. The van der Waals surface area contributed by atoms with E-state index in [4.69, 9.17) is 11.1 Å². The minimum atomic E-state index is -0.549. The summed E-state index contributed by atoms with van der Waals surface area (Å²) < 4.78 is 0. The lowest BCUT2D eigenvalue weighted by molar-refractivity contribution is -0.630. The Kier molecular flexibility index (Phi) is 3.01. The third-order valence-corrected chi connectivity index (χ3v) is 6.07. The largest absolute Gasteiger partial charge is 0.365 e. The van der Waals surface area contributed by atoms with Crippen LogP contribution in [-0.2, 0) is 0 Å². The van der Waals surface area contributed by atoms with Gasteiger partial charge in [0.1, 0.15) is 0 Å². The molecular weight excluding hydrogens is 268 g/mol. The van der Waals surface area contributed by atoms with E-state index in [1.807, 2.05) is 0 Å². The first-order valence-electron chi connectivity index (χ1n) is 7.90. The van der Waals surface area contributed by atoms with Crippen LogP contribution in [0.15, 0.2) is 0 Å². The lowest BCUT2D eigenvalue weighted by Crippen LogP contribution is -2.56. The first-order chi connectivity index (χ1) is 9.64. The highest BCUT2D eigenvalue weighted by atomic mass is 16.7. The third-order valence-electron chi connectivity index (χ3n) is 6.07. The maximum Gasteiger partial charge on any atom is 0.251 e. The lowest BCUT2D eigenvalue weighted by atomic mass is 9.40. The molecule has 0 aromatic heterocycles. The molecule has 0 spiro atoms. The van der Waals surface area contributed by atoms with E-state index in [1.165, 1.54) is 38.5 Å². The molecule has 0 aromatic rings. The Balaban J connectivity index is 1.76. The van der Waals surface area contributed by atoms with Gasteiger partial charge in [0.25, 0.3) is 5.96 Å². The molecule has 2 unspecified atom stereocenters. The molecule has 3 N–H and O–H groups in total. The molecule has 21 heavy (non-hydrogen) atoms. The predicted octanol–water partition coefficient (Wildman–Crippen LogP) is 2.76. The molecule has 4 fully saturated rings. The molecule has 0 aliphatic heterocycles. The Morgan fingerprint density at radius 1 is 1.29 bits per heavy atom. The van der Waals surface area contributed by atoms with E-state index in [0.29, 0.717) is 10.8 Å². The van der Waals surface area contributed by atoms with Crippen LogP contribution in [-0.4, -0.2) is 22.5 Å². The maximum absolute atomic E-state index is 11.0. The first-order valence-corrected chi connectivity index (χ1v) is 7.90. The van der Waals surface area contributed by atoms with Crippen molar-refractivity contribution in [2.45, 2.75) is 58.8 Å². The van der Waals surface area contributed by atoms with Crippen molar-refractivity contribution in [2.24, 2.45) is 27.9 Å². The monoisotopic (exact) mass is 294 g/mol. The Hall–Kier alpha value is -1.33. The van der Waals surface area contributed by atoms with Crippen LogP contribution in [0, 0.1) is 37.7 Å². The molecule has 6 nitrogen and oxygen atoms in total. The van der Waals surface area contributed by atoms with E-state index < -0.39 is 11.0 Å². The quantitative estimate of drug-likeness (QED) is 0.360. The zero-order chi connectivity index (χ0) is 15.5. The van der Waals surface area contributed by atoms with Crippen LogP contribution < -0.4 is 5.73 Å². The number of nitrogens with zero attached hydrogens (tertiary/aromatic N) is 2. The number of rotatable bonds is 4. The average molecular weight is 294 g/mol. The predicted molar refractivity (Wildman–Crippen MR) is 80.1 cm³/mol. The topological polar surface area (TPSA) is 96.2 Å². The number of guanidine groups is 1. The van der Waals surface area contributed by atoms with Crippen LogP contribution in [0.1, 0.15) is 58.8 Å². The molecule has 2 atom stereocenters. The SMILES string of the molecule is CC12CC3CC(C)(C1)CC(CCN(C(=N)N)[N+](=O)[O-])(C3)C2. The van der Waals surface area contributed by atoms with Crippen LogP contribution in [0.5, 0.6) is 0 Å². The van der Waals surface area contributed by atoms with E-state index >= 15 is 0 Å². The summed E-state index contributed by atoms with van der Waals surface area (Å²) in [5, 5.41) is 18.6. The summed E-state index contributed by atoms with van der Waals surface area (Å²) in [5.41, 5.74) is 6.40. The third kappa shape index (κ3) is 2.49. The molecule has 4 saturated carbocycles. The molecule has 0 saturated heterocycles. The molecule has 4 rings (SSSR count). The molecule has 118 valence electrons. The van der Waals surface area contributed by atoms with Crippen molar-refractivity contribution in [1.29, 1.82) is 5.41 Å². The fraction of sp³-hybridized carbons (Fsp3) is 0.933. The van der Waals surface area contributed by atoms with Crippen LogP contribution in [0.25, 0.3) is 0 Å². The second-order valence-corrected chi connectivity index (χ2v) is 8.63. The van der Waals surface area contributed by atoms with Gasteiger partial charge in [-0.1, -0.05) is 18.9 Å². The standard InChI is InChI=1S/C15H26N4O2/c1-13-5-11-6-14(2,8-13)10-15(7-11,9-13)3-4-18(12(16)17)19(20)21/h11H,3-10H2,1-2H3,(H3,16,17). The van der Waals surface area contributed by atoms with Crippen molar-refractivity contribution in [3.63, 3.8) is 0 Å². The summed E-state index contributed by atoms with van der Waals surface area (Å²) in [7, 11) is 0. The lowest BCUT2D eigenvalue weighted by Gasteiger charge is -2.65. The molecule has 0 amide bonds. The molecule has 0 heterocycles. The van der Waals surface area contributed by atoms with Gasteiger partial charge in [-0.2, -0.15) is 0 Å². The van der Waals surface area contributed by atoms with Gasteiger partial charge >= 0.3 is 0 Å². The normalized spacial score (nSPS) is 43.8. The van der Waals surface area contributed by atoms with Crippen LogP contribution in [0.4, 0.5) is 0 Å². The second kappa shape index (κ2) is 4.34. The summed E-state index contributed by atoms with van der Waals surface area (Å²) in [6.45, 7) is 5.07. The smallest absolute Gasteiger partial charge is 0.251 e. The van der Waals surface area contributed by atoms with Gasteiger partial charge in [-0.05, 0) is 67.1 Å². The highest BCUT2D eigenvalue weighted by Gasteiger charge is 2.59. The minimum Gasteiger partial charge on any atom is -0.365 e. The average Bonchev–Trinajstić information content (AvgIpc) is 2.21. The van der Waals surface area contributed by atoms with Crippen molar-refractivity contribution in [3.8, 4) is 0 Å².